The van der Waals surface area contributed by atoms with Crippen LogP contribution in [0.3, 0.4) is 0 Å². The summed E-state index contributed by atoms with van der Waals surface area (Å²) < 4.78 is 2.40. The first kappa shape index (κ1) is 10.4. The number of anilines is 1. The van der Waals surface area contributed by atoms with Crippen LogP contribution in [0.4, 0.5) is 5.69 Å². The number of rotatable bonds is 1. The molecule has 2 heterocycles. The first-order chi connectivity index (χ1) is 7.08. The molecule has 0 bridgehead atoms. The van der Waals surface area contributed by atoms with Gasteiger partial charge in [0.1, 0.15) is 0 Å². The molecule has 15 heavy (non-hydrogen) atoms. The molecule has 0 saturated heterocycles. The summed E-state index contributed by atoms with van der Waals surface area (Å²) in [6.07, 6.45) is 3.35. The lowest BCUT2D eigenvalue weighted by Gasteiger charge is -2.03. The molecule has 78 valence electrons. The van der Waals surface area contributed by atoms with Crippen LogP contribution >= 0.6 is 27.5 Å². The average Bonchev–Trinajstić information content (AvgIpc) is 2.46. The summed E-state index contributed by atoms with van der Waals surface area (Å²) in [7, 11) is 0. The van der Waals surface area contributed by atoms with E-state index < -0.39 is 0 Å². The van der Waals surface area contributed by atoms with Crippen molar-refractivity contribution in [1.82, 2.24) is 14.8 Å². The van der Waals surface area contributed by atoms with Gasteiger partial charge >= 0.3 is 0 Å². The van der Waals surface area contributed by atoms with Crippen molar-refractivity contribution in [1.29, 1.82) is 0 Å². The maximum absolute atomic E-state index is 5.90. The largest absolute Gasteiger partial charge is 0.396 e. The topological polar surface area (TPSA) is 56.7 Å². The van der Waals surface area contributed by atoms with Gasteiger partial charge in [0.25, 0.3) is 0 Å². The van der Waals surface area contributed by atoms with Crippen molar-refractivity contribution in [3.8, 4) is 5.82 Å². The van der Waals surface area contributed by atoms with Crippen molar-refractivity contribution >= 4 is 33.2 Å². The highest BCUT2D eigenvalue weighted by Crippen LogP contribution is 2.21. The van der Waals surface area contributed by atoms with Crippen molar-refractivity contribution < 1.29 is 0 Å². The Hall–Kier alpha value is -1.07. The van der Waals surface area contributed by atoms with E-state index in [0.717, 1.165) is 10.2 Å². The van der Waals surface area contributed by atoms with Gasteiger partial charge in [-0.3, -0.25) is 0 Å². The highest BCUT2D eigenvalue weighted by atomic mass is 79.9. The van der Waals surface area contributed by atoms with Crippen LogP contribution in [-0.2, 0) is 0 Å². The molecule has 0 aromatic carbocycles. The van der Waals surface area contributed by atoms with Crippen LogP contribution < -0.4 is 5.73 Å². The summed E-state index contributed by atoms with van der Waals surface area (Å²) >= 11 is 9.19. The summed E-state index contributed by atoms with van der Waals surface area (Å²) in [6.45, 7) is 1.83. The molecule has 0 spiro atoms. The molecule has 0 saturated carbocycles. The summed E-state index contributed by atoms with van der Waals surface area (Å²) in [5.74, 6) is 0.577. The van der Waals surface area contributed by atoms with E-state index in [-0.39, 0.29) is 0 Å². The van der Waals surface area contributed by atoms with E-state index >= 15 is 0 Å². The third-order valence-corrected chi connectivity index (χ3v) is 2.72. The summed E-state index contributed by atoms with van der Waals surface area (Å²) in [5.41, 5.74) is 7.11. The van der Waals surface area contributed by atoms with Gasteiger partial charge in [-0.1, -0.05) is 11.6 Å². The Morgan fingerprint density at radius 2 is 2.27 bits per heavy atom. The molecule has 2 rings (SSSR count). The first-order valence-electron chi connectivity index (χ1n) is 4.21. The summed E-state index contributed by atoms with van der Waals surface area (Å²) in [6, 6.07) is 1.77. The van der Waals surface area contributed by atoms with E-state index in [4.69, 9.17) is 17.3 Å². The van der Waals surface area contributed by atoms with Crippen LogP contribution in [0.25, 0.3) is 5.82 Å². The smallest absolute Gasteiger partial charge is 0.176 e. The minimum Gasteiger partial charge on any atom is -0.396 e. The zero-order chi connectivity index (χ0) is 11.0. The first-order valence-corrected chi connectivity index (χ1v) is 5.38. The number of aromatic nitrogens is 3. The number of hydrogen-bond acceptors (Lipinski definition) is 3. The fourth-order valence-corrected chi connectivity index (χ4v) is 1.67. The van der Waals surface area contributed by atoms with Crippen LogP contribution in [0.2, 0.25) is 5.02 Å². The SMILES string of the molecule is Cc1nn(-c2ncc(Br)cc2N)cc1Cl. The van der Waals surface area contributed by atoms with Gasteiger partial charge in [-0.2, -0.15) is 5.10 Å². The fraction of sp³-hybridized carbons (Fsp3) is 0.111. The molecule has 0 unspecified atom stereocenters. The maximum atomic E-state index is 5.90. The number of nitrogens with two attached hydrogens (primary N) is 1. The van der Waals surface area contributed by atoms with E-state index in [1.807, 2.05) is 6.92 Å². The predicted molar refractivity (Wildman–Crippen MR) is 63.2 cm³/mol. The molecular weight excluding hydrogens is 279 g/mol. The van der Waals surface area contributed by atoms with E-state index in [2.05, 4.69) is 26.0 Å². The monoisotopic (exact) mass is 286 g/mol. The molecule has 0 radical (unpaired) electrons. The molecule has 2 N–H and O–H groups in total. The maximum Gasteiger partial charge on any atom is 0.176 e. The third kappa shape index (κ3) is 1.98. The van der Waals surface area contributed by atoms with Crippen LogP contribution in [0.15, 0.2) is 22.9 Å². The molecule has 0 amide bonds. The second-order valence-electron chi connectivity index (χ2n) is 3.07. The van der Waals surface area contributed by atoms with Gasteiger partial charge in [0.2, 0.25) is 0 Å². The molecule has 2 aromatic heterocycles. The number of hydrogen-bond donors (Lipinski definition) is 1. The van der Waals surface area contributed by atoms with Crippen molar-refractivity contribution in [3.63, 3.8) is 0 Å². The fourth-order valence-electron chi connectivity index (χ4n) is 1.19. The van der Waals surface area contributed by atoms with Gasteiger partial charge in [0, 0.05) is 10.7 Å². The molecule has 0 fully saturated rings. The van der Waals surface area contributed by atoms with Gasteiger partial charge in [0.05, 0.1) is 22.6 Å². The number of nitrogens with zero attached hydrogens (tertiary/aromatic N) is 3. The van der Waals surface area contributed by atoms with Crippen molar-refractivity contribution in [2.45, 2.75) is 6.92 Å². The quantitative estimate of drug-likeness (QED) is 0.877. The molecule has 2 aromatic rings. The number of aryl methyl sites for hydroxylation is 1. The third-order valence-electron chi connectivity index (χ3n) is 1.92. The number of nitrogen functional groups attached to an aromatic ring is 1. The van der Waals surface area contributed by atoms with Gasteiger partial charge in [0.15, 0.2) is 5.82 Å². The van der Waals surface area contributed by atoms with Crippen molar-refractivity contribution in [2.24, 2.45) is 0 Å². The molecule has 6 heteroatoms. The molecule has 0 aliphatic rings. The van der Waals surface area contributed by atoms with E-state index in [1.54, 1.807) is 23.1 Å². The predicted octanol–water partition coefficient (Wildman–Crippen LogP) is 2.57. The van der Waals surface area contributed by atoms with E-state index in [9.17, 15) is 0 Å². The van der Waals surface area contributed by atoms with E-state index in [1.165, 1.54) is 0 Å². The van der Waals surface area contributed by atoms with Gasteiger partial charge in [-0.25, -0.2) is 9.67 Å². The number of pyridine rings is 1. The summed E-state index contributed by atoms with van der Waals surface area (Å²) in [4.78, 5) is 4.17. The summed E-state index contributed by atoms with van der Waals surface area (Å²) in [5, 5.41) is 4.79. The minimum absolute atomic E-state index is 0.545. The van der Waals surface area contributed by atoms with Crippen LogP contribution in [0, 0.1) is 6.92 Å². The Bertz CT molecular complexity index is 489. The molecule has 4 nitrogen and oxygen atoms in total. The lowest BCUT2D eigenvalue weighted by Crippen LogP contribution is -2.03. The Kier molecular flexibility index (Phi) is 2.67. The van der Waals surface area contributed by atoms with Gasteiger partial charge in [-0.05, 0) is 28.9 Å². The zero-order valence-electron chi connectivity index (χ0n) is 7.91. The standard InChI is InChI=1S/C9H8BrClN4/c1-5-7(11)4-15(14-5)9-8(12)2-6(10)3-13-9/h2-4H,12H2,1H3. The Balaban J connectivity index is 2.54. The Morgan fingerprint density at radius 3 is 2.80 bits per heavy atom. The molecule has 0 aliphatic heterocycles. The second-order valence-corrected chi connectivity index (χ2v) is 4.40. The van der Waals surface area contributed by atoms with E-state index in [0.29, 0.717) is 16.5 Å². The average molecular weight is 288 g/mol. The Labute approximate surface area is 100 Å². The van der Waals surface area contributed by atoms with Crippen LogP contribution in [-0.4, -0.2) is 14.8 Å². The molecular formula is C9H8BrClN4. The normalized spacial score (nSPS) is 10.6. The molecule has 0 atom stereocenters. The highest BCUT2D eigenvalue weighted by molar-refractivity contribution is 9.10. The molecule has 0 aliphatic carbocycles. The van der Waals surface area contributed by atoms with Gasteiger partial charge < -0.3 is 5.73 Å². The lowest BCUT2D eigenvalue weighted by atomic mass is 10.4. The van der Waals surface area contributed by atoms with Crippen molar-refractivity contribution in [2.75, 3.05) is 5.73 Å². The minimum atomic E-state index is 0.545. The Morgan fingerprint density at radius 1 is 1.53 bits per heavy atom. The number of halogens is 2. The second kappa shape index (κ2) is 3.83. The van der Waals surface area contributed by atoms with Gasteiger partial charge in [-0.15, -0.1) is 0 Å². The zero-order valence-corrected chi connectivity index (χ0v) is 10.2. The lowest BCUT2D eigenvalue weighted by molar-refractivity contribution is 0.834. The highest BCUT2D eigenvalue weighted by Gasteiger charge is 2.08. The van der Waals surface area contributed by atoms with Crippen LogP contribution in [0.1, 0.15) is 5.69 Å². The van der Waals surface area contributed by atoms with Crippen LogP contribution in [0.5, 0.6) is 0 Å². The van der Waals surface area contributed by atoms with Crippen molar-refractivity contribution in [3.05, 3.63) is 33.6 Å².